The summed E-state index contributed by atoms with van der Waals surface area (Å²) < 4.78 is 5.49. The number of nitrogens with zero attached hydrogens (tertiary/aromatic N) is 1. The number of hydrogen-bond donors (Lipinski definition) is 2. The van der Waals surface area contributed by atoms with Gasteiger partial charge in [-0.1, -0.05) is 6.92 Å². The van der Waals surface area contributed by atoms with Gasteiger partial charge in [-0.15, -0.1) is 0 Å². The fourth-order valence-corrected chi connectivity index (χ4v) is 1.57. The molecule has 0 aliphatic heterocycles. The summed E-state index contributed by atoms with van der Waals surface area (Å²) in [5.74, 6) is 0.151. The number of carbonyl (C=O) groups is 1. The van der Waals surface area contributed by atoms with Crippen molar-refractivity contribution >= 4 is 5.91 Å². The molecule has 0 radical (unpaired) electrons. The predicted octanol–water partition coefficient (Wildman–Crippen LogP) is 1.85. The molecule has 2 N–H and O–H groups in total. The lowest BCUT2D eigenvalue weighted by atomic mass is 10.1. The molecule has 0 fully saturated rings. The molecule has 0 aliphatic carbocycles. The van der Waals surface area contributed by atoms with Crippen LogP contribution in [0.1, 0.15) is 43.1 Å². The van der Waals surface area contributed by atoms with Crippen molar-refractivity contribution < 1.29 is 14.6 Å². The number of hydrogen-bond acceptors (Lipinski definition) is 4. The number of rotatable bonds is 6. The molecule has 1 rings (SSSR count). The van der Waals surface area contributed by atoms with Crippen LogP contribution in [0.25, 0.3) is 0 Å². The maximum Gasteiger partial charge on any atom is 0.251 e. The third kappa shape index (κ3) is 4.56. The van der Waals surface area contributed by atoms with Crippen LogP contribution in [0.5, 0.6) is 5.75 Å². The standard InChI is InChI=1S/C15H20N2O3/c1-4-13(18)9-17-15(19)11-5-6-14(20-10(2)3)12(7-11)8-16/h5-7,10,13,18H,4,9H2,1-3H3,(H,17,19). The van der Waals surface area contributed by atoms with Crippen LogP contribution in [0.2, 0.25) is 0 Å². The third-order valence-corrected chi connectivity index (χ3v) is 2.69. The summed E-state index contributed by atoms with van der Waals surface area (Å²) in [5, 5.41) is 21.1. The van der Waals surface area contributed by atoms with Crippen LogP contribution in [0.15, 0.2) is 18.2 Å². The molecule has 1 aromatic rings. The minimum Gasteiger partial charge on any atom is -0.490 e. The Morgan fingerprint density at radius 1 is 1.50 bits per heavy atom. The summed E-state index contributed by atoms with van der Waals surface area (Å²) in [4.78, 5) is 11.9. The fraction of sp³-hybridized carbons (Fsp3) is 0.467. The van der Waals surface area contributed by atoms with E-state index < -0.39 is 6.10 Å². The van der Waals surface area contributed by atoms with E-state index in [0.29, 0.717) is 23.3 Å². The number of ether oxygens (including phenoxy) is 1. The molecule has 0 aromatic heterocycles. The molecule has 0 saturated carbocycles. The SMILES string of the molecule is CCC(O)CNC(=O)c1ccc(OC(C)C)c(C#N)c1. The molecule has 108 valence electrons. The van der Waals surface area contributed by atoms with Gasteiger partial charge in [-0.2, -0.15) is 5.26 Å². The molecule has 0 saturated heterocycles. The number of aliphatic hydroxyl groups is 1. The first-order valence-electron chi connectivity index (χ1n) is 6.65. The van der Waals surface area contributed by atoms with Gasteiger partial charge in [-0.3, -0.25) is 4.79 Å². The van der Waals surface area contributed by atoms with E-state index in [1.165, 1.54) is 6.07 Å². The summed E-state index contributed by atoms with van der Waals surface area (Å²) in [7, 11) is 0. The van der Waals surface area contributed by atoms with E-state index in [-0.39, 0.29) is 18.6 Å². The maximum absolute atomic E-state index is 11.9. The van der Waals surface area contributed by atoms with Crippen molar-refractivity contribution in [2.75, 3.05) is 6.54 Å². The average Bonchev–Trinajstić information content (AvgIpc) is 2.44. The minimum absolute atomic E-state index is 0.0403. The molecule has 5 nitrogen and oxygen atoms in total. The number of amides is 1. The van der Waals surface area contributed by atoms with Gasteiger partial charge in [-0.25, -0.2) is 0 Å². The summed E-state index contributed by atoms with van der Waals surface area (Å²) in [5.41, 5.74) is 0.698. The molecule has 0 spiro atoms. The van der Waals surface area contributed by atoms with Crippen LogP contribution in [-0.2, 0) is 0 Å². The molecular formula is C15H20N2O3. The molecule has 1 amide bonds. The first-order chi connectivity index (χ1) is 9.47. The molecule has 1 atom stereocenters. The second-order valence-electron chi connectivity index (χ2n) is 4.76. The van der Waals surface area contributed by atoms with E-state index in [1.807, 2.05) is 26.8 Å². The predicted molar refractivity (Wildman–Crippen MR) is 75.6 cm³/mol. The Morgan fingerprint density at radius 3 is 2.75 bits per heavy atom. The third-order valence-electron chi connectivity index (χ3n) is 2.69. The van der Waals surface area contributed by atoms with Crippen molar-refractivity contribution in [3.8, 4) is 11.8 Å². The largest absolute Gasteiger partial charge is 0.490 e. The molecule has 0 aliphatic rings. The molecule has 1 aromatic carbocycles. The lowest BCUT2D eigenvalue weighted by Gasteiger charge is -2.13. The number of benzene rings is 1. The monoisotopic (exact) mass is 276 g/mol. The van der Waals surface area contributed by atoms with Crippen LogP contribution in [-0.4, -0.2) is 29.8 Å². The Morgan fingerprint density at radius 2 is 2.20 bits per heavy atom. The Hall–Kier alpha value is -2.06. The van der Waals surface area contributed by atoms with Crippen molar-refractivity contribution in [3.63, 3.8) is 0 Å². The zero-order chi connectivity index (χ0) is 15.1. The minimum atomic E-state index is -0.557. The molecule has 0 heterocycles. The second kappa shape index (κ2) is 7.51. The van der Waals surface area contributed by atoms with Gasteiger partial charge in [0, 0.05) is 12.1 Å². The van der Waals surface area contributed by atoms with Crippen LogP contribution < -0.4 is 10.1 Å². The van der Waals surface area contributed by atoms with Gasteiger partial charge in [0.25, 0.3) is 5.91 Å². The van der Waals surface area contributed by atoms with Crippen molar-refractivity contribution in [1.82, 2.24) is 5.32 Å². The molecular weight excluding hydrogens is 256 g/mol. The summed E-state index contributed by atoms with van der Waals surface area (Å²) in [6, 6.07) is 6.73. The lowest BCUT2D eigenvalue weighted by molar-refractivity contribution is 0.0914. The highest BCUT2D eigenvalue weighted by Gasteiger charge is 2.12. The van der Waals surface area contributed by atoms with Crippen molar-refractivity contribution in [3.05, 3.63) is 29.3 Å². The van der Waals surface area contributed by atoms with Crippen LogP contribution in [0.3, 0.4) is 0 Å². The first-order valence-corrected chi connectivity index (χ1v) is 6.65. The van der Waals surface area contributed by atoms with Gasteiger partial charge in [-0.05, 0) is 38.5 Å². The van der Waals surface area contributed by atoms with Crippen molar-refractivity contribution in [1.29, 1.82) is 5.26 Å². The van der Waals surface area contributed by atoms with Gasteiger partial charge < -0.3 is 15.2 Å². The molecule has 1 unspecified atom stereocenters. The van der Waals surface area contributed by atoms with Crippen LogP contribution in [0.4, 0.5) is 0 Å². The van der Waals surface area contributed by atoms with E-state index in [9.17, 15) is 9.90 Å². The lowest BCUT2D eigenvalue weighted by Crippen LogP contribution is -2.31. The zero-order valence-corrected chi connectivity index (χ0v) is 12.0. The Kier molecular flexibility index (Phi) is 6.01. The number of nitriles is 1. The van der Waals surface area contributed by atoms with Gasteiger partial charge >= 0.3 is 0 Å². The number of nitrogens with one attached hydrogen (secondary N) is 1. The smallest absolute Gasteiger partial charge is 0.251 e. The summed E-state index contributed by atoms with van der Waals surface area (Å²) in [6.45, 7) is 5.77. The van der Waals surface area contributed by atoms with E-state index >= 15 is 0 Å². The van der Waals surface area contributed by atoms with E-state index in [4.69, 9.17) is 10.00 Å². The highest BCUT2D eigenvalue weighted by molar-refractivity contribution is 5.94. The summed E-state index contributed by atoms with van der Waals surface area (Å²) >= 11 is 0. The van der Waals surface area contributed by atoms with Crippen molar-refractivity contribution in [2.45, 2.75) is 39.4 Å². The van der Waals surface area contributed by atoms with Gasteiger partial charge in [0.15, 0.2) is 0 Å². The zero-order valence-electron chi connectivity index (χ0n) is 12.0. The number of aliphatic hydroxyl groups excluding tert-OH is 1. The number of carbonyl (C=O) groups excluding carboxylic acids is 1. The highest BCUT2D eigenvalue weighted by Crippen LogP contribution is 2.20. The van der Waals surface area contributed by atoms with Crippen LogP contribution >= 0.6 is 0 Å². The Bertz CT molecular complexity index is 506. The van der Waals surface area contributed by atoms with Gasteiger partial charge in [0.2, 0.25) is 0 Å². The quantitative estimate of drug-likeness (QED) is 0.830. The second-order valence-corrected chi connectivity index (χ2v) is 4.76. The van der Waals surface area contributed by atoms with E-state index in [1.54, 1.807) is 12.1 Å². The maximum atomic E-state index is 11.9. The Labute approximate surface area is 119 Å². The van der Waals surface area contributed by atoms with E-state index in [0.717, 1.165) is 0 Å². The molecule has 5 heteroatoms. The average molecular weight is 276 g/mol. The van der Waals surface area contributed by atoms with Gasteiger partial charge in [0.05, 0.1) is 17.8 Å². The molecule has 20 heavy (non-hydrogen) atoms. The normalized spacial score (nSPS) is 11.8. The first kappa shape index (κ1) is 16.0. The van der Waals surface area contributed by atoms with Crippen LogP contribution in [0, 0.1) is 11.3 Å². The van der Waals surface area contributed by atoms with Gasteiger partial charge in [0.1, 0.15) is 11.8 Å². The van der Waals surface area contributed by atoms with E-state index in [2.05, 4.69) is 5.32 Å². The Balaban J connectivity index is 2.82. The topological polar surface area (TPSA) is 82.3 Å². The highest BCUT2D eigenvalue weighted by atomic mass is 16.5. The molecule has 0 bridgehead atoms. The fourth-order valence-electron chi connectivity index (χ4n) is 1.57. The summed E-state index contributed by atoms with van der Waals surface area (Å²) in [6.07, 6.45) is -0.0235. The van der Waals surface area contributed by atoms with Crippen molar-refractivity contribution in [2.24, 2.45) is 0 Å².